The number of methoxy groups -OCH3 is 2. The van der Waals surface area contributed by atoms with Crippen molar-refractivity contribution in [1.29, 1.82) is 0 Å². The summed E-state index contributed by atoms with van der Waals surface area (Å²) in [4.78, 5) is 0. The Bertz CT molecular complexity index is 909. The van der Waals surface area contributed by atoms with Crippen LogP contribution in [0, 0.1) is 0 Å². The van der Waals surface area contributed by atoms with Gasteiger partial charge in [-0.15, -0.1) is 0 Å². The van der Waals surface area contributed by atoms with Crippen molar-refractivity contribution in [3.05, 3.63) is 78.9 Å². The van der Waals surface area contributed by atoms with Gasteiger partial charge in [0, 0.05) is 5.56 Å². The van der Waals surface area contributed by atoms with Gasteiger partial charge in [0.25, 0.3) is 0 Å². The van der Waals surface area contributed by atoms with Crippen molar-refractivity contribution in [2.45, 2.75) is 6.92 Å². The van der Waals surface area contributed by atoms with Gasteiger partial charge in [0.1, 0.15) is 23.9 Å². The fourth-order valence-electron chi connectivity index (χ4n) is 2.81. The maximum atomic E-state index is 6.06. The normalized spacial score (nSPS) is 10.3. The van der Waals surface area contributed by atoms with Gasteiger partial charge in [0.05, 0.1) is 14.2 Å². The maximum Gasteiger partial charge on any atom is 0.128 e. The van der Waals surface area contributed by atoms with E-state index in [2.05, 4.69) is 24.8 Å². The smallest absolute Gasteiger partial charge is 0.128 e. The zero-order valence-corrected chi connectivity index (χ0v) is 16.0. The second-order valence-corrected chi connectivity index (χ2v) is 6.41. The highest BCUT2D eigenvalue weighted by atomic mass is 16.5. The molecule has 27 heavy (non-hydrogen) atoms. The number of ether oxygens (including phenoxy) is 3. The van der Waals surface area contributed by atoms with E-state index in [4.69, 9.17) is 14.2 Å². The summed E-state index contributed by atoms with van der Waals surface area (Å²) in [6.07, 6.45) is 0. The summed E-state index contributed by atoms with van der Waals surface area (Å²) in [7, 11) is 3.34. The topological polar surface area (TPSA) is 27.7 Å². The molecular formula is C24H24O3. The molecule has 0 saturated carbocycles. The SMILES string of the molecule is C=C(C)COc1cc(-c2ccc(OC)cc2)ccc1-c1ccc(OC)cc1. The molecule has 0 atom stereocenters. The van der Waals surface area contributed by atoms with E-state index in [9.17, 15) is 0 Å². The first-order valence-electron chi connectivity index (χ1n) is 8.81. The first-order valence-corrected chi connectivity index (χ1v) is 8.81. The number of hydrogen-bond donors (Lipinski definition) is 0. The average molecular weight is 360 g/mol. The minimum Gasteiger partial charge on any atom is -0.497 e. The Morgan fingerprint density at radius 2 is 1.26 bits per heavy atom. The van der Waals surface area contributed by atoms with E-state index in [-0.39, 0.29) is 0 Å². The van der Waals surface area contributed by atoms with Crippen molar-refractivity contribution >= 4 is 0 Å². The minimum absolute atomic E-state index is 0.481. The van der Waals surface area contributed by atoms with Crippen LogP contribution in [0.1, 0.15) is 6.92 Å². The summed E-state index contributed by atoms with van der Waals surface area (Å²) >= 11 is 0. The Balaban J connectivity index is 2.00. The fraction of sp³-hybridized carbons (Fsp3) is 0.167. The maximum absolute atomic E-state index is 6.06. The van der Waals surface area contributed by atoms with Crippen LogP contribution in [0.4, 0.5) is 0 Å². The third-order valence-corrected chi connectivity index (χ3v) is 4.28. The van der Waals surface area contributed by atoms with E-state index < -0.39 is 0 Å². The molecule has 0 saturated heterocycles. The van der Waals surface area contributed by atoms with Crippen LogP contribution >= 0.6 is 0 Å². The Kier molecular flexibility index (Phi) is 5.82. The van der Waals surface area contributed by atoms with Gasteiger partial charge in [0.15, 0.2) is 0 Å². The molecule has 3 aromatic rings. The van der Waals surface area contributed by atoms with Crippen LogP contribution in [0.5, 0.6) is 17.2 Å². The third-order valence-electron chi connectivity index (χ3n) is 4.28. The highest BCUT2D eigenvalue weighted by Crippen LogP contribution is 2.35. The highest BCUT2D eigenvalue weighted by molar-refractivity contribution is 5.76. The summed E-state index contributed by atoms with van der Waals surface area (Å²) in [5, 5.41) is 0. The Hall–Kier alpha value is -3.20. The molecule has 0 spiro atoms. The molecule has 0 fully saturated rings. The molecule has 0 aliphatic heterocycles. The van der Waals surface area contributed by atoms with Crippen molar-refractivity contribution in [2.24, 2.45) is 0 Å². The lowest BCUT2D eigenvalue weighted by molar-refractivity contribution is 0.354. The molecule has 3 rings (SSSR count). The van der Waals surface area contributed by atoms with Crippen molar-refractivity contribution < 1.29 is 14.2 Å². The van der Waals surface area contributed by atoms with Gasteiger partial charge in [-0.3, -0.25) is 0 Å². The molecule has 138 valence electrons. The van der Waals surface area contributed by atoms with Gasteiger partial charge in [-0.2, -0.15) is 0 Å². The van der Waals surface area contributed by atoms with E-state index in [0.29, 0.717) is 6.61 Å². The lowest BCUT2D eigenvalue weighted by Gasteiger charge is -2.14. The Labute approximate surface area is 160 Å². The quantitative estimate of drug-likeness (QED) is 0.484. The summed E-state index contributed by atoms with van der Waals surface area (Å²) in [5.41, 5.74) is 5.29. The van der Waals surface area contributed by atoms with Crippen LogP contribution in [-0.2, 0) is 0 Å². The van der Waals surface area contributed by atoms with Crippen molar-refractivity contribution in [1.82, 2.24) is 0 Å². The highest BCUT2D eigenvalue weighted by Gasteiger charge is 2.10. The molecule has 0 N–H and O–H groups in total. The van der Waals surface area contributed by atoms with Gasteiger partial charge < -0.3 is 14.2 Å². The van der Waals surface area contributed by atoms with Crippen molar-refractivity contribution in [3.63, 3.8) is 0 Å². The van der Waals surface area contributed by atoms with E-state index in [1.54, 1.807) is 14.2 Å². The molecule has 0 aromatic heterocycles. The van der Waals surface area contributed by atoms with E-state index >= 15 is 0 Å². The molecule has 0 unspecified atom stereocenters. The molecule has 0 amide bonds. The van der Waals surface area contributed by atoms with Crippen LogP contribution in [0.15, 0.2) is 78.9 Å². The van der Waals surface area contributed by atoms with Crippen LogP contribution < -0.4 is 14.2 Å². The lowest BCUT2D eigenvalue weighted by Crippen LogP contribution is -1.99. The molecule has 3 heteroatoms. The standard InChI is InChI=1S/C24H24O3/c1-17(2)16-27-24-15-20(18-5-10-21(25-3)11-6-18)9-14-23(24)19-7-12-22(26-4)13-8-19/h5-15H,1,16H2,2-4H3. The molecular weight excluding hydrogens is 336 g/mol. The molecule has 0 heterocycles. The molecule has 3 aromatic carbocycles. The molecule has 0 aliphatic carbocycles. The summed E-state index contributed by atoms with van der Waals surface area (Å²) in [6, 6.07) is 22.3. The van der Waals surface area contributed by atoms with Gasteiger partial charge in [0.2, 0.25) is 0 Å². The van der Waals surface area contributed by atoms with E-state index in [1.807, 2.05) is 55.5 Å². The Morgan fingerprint density at radius 3 is 1.78 bits per heavy atom. The van der Waals surface area contributed by atoms with Gasteiger partial charge >= 0.3 is 0 Å². The summed E-state index contributed by atoms with van der Waals surface area (Å²) in [6.45, 7) is 6.38. The van der Waals surface area contributed by atoms with Gasteiger partial charge in [-0.05, 0) is 59.5 Å². The molecule has 0 radical (unpaired) electrons. The number of benzene rings is 3. The van der Waals surface area contributed by atoms with Crippen LogP contribution in [0.3, 0.4) is 0 Å². The summed E-state index contributed by atoms with van der Waals surface area (Å²) in [5.74, 6) is 2.50. The van der Waals surface area contributed by atoms with Crippen LogP contribution in [0.2, 0.25) is 0 Å². The van der Waals surface area contributed by atoms with Crippen molar-refractivity contribution in [2.75, 3.05) is 20.8 Å². The lowest BCUT2D eigenvalue weighted by atomic mass is 9.99. The monoisotopic (exact) mass is 360 g/mol. The van der Waals surface area contributed by atoms with Gasteiger partial charge in [-0.1, -0.05) is 43.0 Å². The van der Waals surface area contributed by atoms with Gasteiger partial charge in [-0.25, -0.2) is 0 Å². The summed E-state index contributed by atoms with van der Waals surface area (Å²) < 4.78 is 16.6. The first kappa shape index (κ1) is 18.6. The molecule has 0 aliphatic rings. The minimum atomic E-state index is 0.481. The fourth-order valence-corrected chi connectivity index (χ4v) is 2.81. The number of rotatable bonds is 7. The van der Waals surface area contributed by atoms with Crippen molar-refractivity contribution in [3.8, 4) is 39.5 Å². The Morgan fingerprint density at radius 1 is 0.741 bits per heavy atom. The third kappa shape index (κ3) is 4.50. The van der Waals surface area contributed by atoms with Crippen LogP contribution in [0.25, 0.3) is 22.3 Å². The predicted octanol–water partition coefficient (Wildman–Crippen LogP) is 5.99. The zero-order chi connectivity index (χ0) is 19.2. The zero-order valence-electron chi connectivity index (χ0n) is 16.0. The largest absolute Gasteiger partial charge is 0.497 e. The average Bonchev–Trinajstić information content (AvgIpc) is 2.72. The van der Waals surface area contributed by atoms with E-state index in [1.165, 1.54) is 0 Å². The van der Waals surface area contributed by atoms with E-state index in [0.717, 1.165) is 45.1 Å². The second-order valence-electron chi connectivity index (χ2n) is 6.41. The first-order chi connectivity index (χ1) is 13.1. The predicted molar refractivity (Wildman–Crippen MR) is 111 cm³/mol. The molecule has 0 bridgehead atoms. The van der Waals surface area contributed by atoms with Crippen LogP contribution in [-0.4, -0.2) is 20.8 Å². The molecule has 3 nitrogen and oxygen atoms in total. The second kappa shape index (κ2) is 8.45. The number of hydrogen-bond acceptors (Lipinski definition) is 3.